The molecule has 200 valence electrons. The molecular formula is C23H29N4O7PS2. The monoisotopic (exact) mass is 568 g/mol. The zero-order valence-corrected chi connectivity index (χ0v) is 23.2. The first-order valence-corrected chi connectivity index (χ1v) is 13.8. The number of hydrogen-bond acceptors (Lipinski definition) is 9. The van der Waals surface area contributed by atoms with Gasteiger partial charge in [-0.25, -0.2) is 11.1 Å². The van der Waals surface area contributed by atoms with E-state index < -0.39 is 50.8 Å². The van der Waals surface area contributed by atoms with Gasteiger partial charge in [0.1, 0.15) is 22.5 Å². The molecule has 1 aromatic heterocycles. The lowest BCUT2D eigenvalue weighted by atomic mass is 10.1. The van der Waals surface area contributed by atoms with Gasteiger partial charge in [0.05, 0.1) is 12.7 Å². The van der Waals surface area contributed by atoms with Crippen LogP contribution in [0, 0.1) is 22.9 Å². The van der Waals surface area contributed by atoms with Crippen molar-refractivity contribution in [3.05, 3.63) is 62.9 Å². The number of aliphatic hydroxyl groups excluding tert-OH is 1. The number of esters is 1. The van der Waals surface area contributed by atoms with E-state index in [1.807, 2.05) is 0 Å². The molecule has 2 heterocycles. The molecule has 0 aliphatic carbocycles. The quantitative estimate of drug-likeness (QED) is 0.166. The average molecular weight is 569 g/mol. The van der Waals surface area contributed by atoms with E-state index in [0.29, 0.717) is 10.2 Å². The van der Waals surface area contributed by atoms with E-state index in [1.54, 1.807) is 57.3 Å². The summed E-state index contributed by atoms with van der Waals surface area (Å²) in [5, 5.41) is 13.4. The number of nitrogens with one attached hydrogen (secondary N) is 2. The minimum absolute atomic E-state index is 0.222. The number of hydrogen-bond donors (Lipinski definition) is 3. The molecule has 1 aliphatic rings. The van der Waals surface area contributed by atoms with Crippen LogP contribution in [0.2, 0.25) is 0 Å². The highest BCUT2D eigenvalue weighted by Gasteiger charge is 2.51. The smallest absolute Gasteiger partial charge is 0.459 e. The molecule has 0 bridgehead atoms. The van der Waals surface area contributed by atoms with Crippen LogP contribution < -0.4 is 9.61 Å². The first-order chi connectivity index (χ1) is 17.4. The maximum atomic E-state index is 13.7. The van der Waals surface area contributed by atoms with Gasteiger partial charge >= 0.3 is 13.7 Å². The van der Waals surface area contributed by atoms with Crippen molar-refractivity contribution in [3.8, 4) is 5.75 Å². The van der Waals surface area contributed by atoms with Crippen LogP contribution in [0.25, 0.3) is 4.85 Å². The van der Waals surface area contributed by atoms with Gasteiger partial charge in [0.2, 0.25) is 6.23 Å². The molecule has 11 nitrogen and oxygen atoms in total. The Hall–Kier alpha value is -2.43. The Kier molecular flexibility index (Phi) is 9.77. The molecule has 0 radical (unpaired) electrons. The highest BCUT2D eigenvalue weighted by molar-refractivity contribution is 7.72. The van der Waals surface area contributed by atoms with E-state index in [4.69, 9.17) is 49.5 Å². The van der Waals surface area contributed by atoms with Crippen molar-refractivity contribution in [2.45, 2.75) is 64.3 Å². The normalized spacial score (nSPS) is 23.7. The number of H-pyrrole nitrogens is 1. The molecule has 1 unspecified atom stereocenters. The van der Waals surface area contributed by atoms with Gasteiger partial charge in [-0.3, -0.25) is 13.9 Å². The molecule has 3 rings (SSSR count). The van der Waals surface area contributed by atoms with Crippen LogP contribution in [0.4, 0.5) is 0 Å². The molecule has 2 aromatic rings. The van der Waals surface area contributed by atoms with Crippen LogP contribution in [-0.4, -0.2) is 57.6 Å². The summed E-state index contributed by atoms with van der Waals surface area (Å²) < 4.78 is 38.2. The second-order valence-corrected chi connectivity index (χ2v) is 11.2. The third kappa shape index (κ3) is 7.33. The first kappa shape index (κ1) is 29.1. The fourth-order valence-corrected chi connectivity index (χ4v) is 5.49. The number of ether oxygens (including phenoxy) is 2. The van der Waals surface area contributed by atoms with Crippen LogP contribution in [0.3, 0.4) is 0 Å². The van der Waals surface area contributed by atoms with Crippen LogP contribution in [0.5, 0.6) is 5.75 Å². The highest BCUT2D eigenvalue weighted by atomic mass is 32.1. The standard InChI is InChI=1S/C23H29N4O7PS2/c1-13(2)32-22(29)15(4)26-35(30,34-16-9-7-6-8-10-16)31-12-17-19(28)18(24-5)21(33-17)27-11-14(3)20(36)25-23(27)37/h6-11,13,15,17-19,21,28H,12H2,1-4H3,(H,26,30)(H,25,36,37)/t15-,17-,18+,19?,21-,35+/m0/s1. The number of para-hydroxylation sites is 1. The number of aryl methyl sites for hydroxylation is 1. The summed E-state index contributed by atoms with van der Waals surface area (Å²) in [5.41, 5.74) is 0.706. The molecule has 0 amide bonds. The molecular weight excluding hydrogens is 539 g/mol. The predicted molar refractivity (Wildman–Crippen MR) is 140 cm³/mol. The Bertz CT molecular complexity index is 1310. The number of aliphatic hydroxyl groups is 1. The van der Waals surface area contributed by atoms with E-state index in [2.05, 4.69) is 14.9 Å². The Morgan fingerprint density at radius 1 is 1.32 bits per heavy atom. The Balaban J connectivity index is 1.81. The highest BCUT2D eigenvalue weighted by Crippen LogP contribution is 2.46. The predicted octanol–water partition coefficient (Wildman–Crippen LogP) is 4.26. The minimum atomic E-state index is -4.18. The molecule has 6 atom stereocenters. The topological polar surface area (TPSA) is 128 Å². The van der Waals surface area contributed by atoms with Gasteiger partial charge in [-0.1, -0.05) is 30.4 Å². The van der Waals surface area contributed by atoms with Crippen molar-refractivity contribution >= 4 is 38.2 Å². The van der Waals surface area contributed by atoms with E-state index in [1.165, 1.54) is 11.5 Å². The number of benzene rings is 1. The minimum Gasteiger partial charge on any atom is -0.462 e. The molecule has 1 saturated heterocycles. The van der Waals surface area contributed by atoms with Gasteiger partial charge < -0.3 is 28.9 Å². The van der Waals surface area contributed by atoms with Gasteiger partial charge in [0.25, 0.3) is 6.04 Å². The Labute approximate surface area is 225 Å². The van der Waals surface area contributed by atoms with Crippen LogP contribution in [0.15, 0.2) is 36.5 Å². The number of carbonyl (C=O) groups is 1. The van der Waals surface area contributed by atoms with Crippen LogP contribution in [0.1, 0.15) is 32.6 Å². The zero-order valence-electron chi connectivity index (χ0n) is 20.7. The molecule has 1 aromatic carbocycles. The van der Waals surface area contributed by atoms with Crippen molar-refractivity contribution < 1.29 is 33.0 Å². The number of rotatable bonds is 10. The molecule has 1 aliphatic heterocycles. The molecule has 3 N–H and O–H groups in total. The number of carbonyl (C=O) groups excluding carboxylic acids is 1. The Morgan fingerprint density at radius 3 is 2.62 bits per heavy atom. The summed E-state index contributed by atoms with van der Waals surface area (Å²) in [6.07, 6.45) is -2.02. The molecule has 37 heavy (non-hydrogen) atoms. The lowest BCUT2D eigenvalue weighted by Gasteiger charge is -2.24. The first-order valence-electron chi connectivity index (χ1n) is 11.4. The molecule has 0 spiro atoms. The third-order valence-corrected chi connectivity index (χ3v) is 7.72. The summed E-state index contributed by atoms with van der Waals surface area (Å²) >= 11 is 10.5. The zero-order chi connectivity index (χ0) is 27.3. The van der Waals surface area contributed by atoms with Crippen molar-refractivity contribution in [2.75, 3.05) is 6.61 Å². The fourth-order valence-electron chi connectivity index (χ4n) is 3.52. The van der Waals surface area contributed by atoms with E-state index in [9.17, 15) is 14.5 Å². The molecule has 14 heteroatoms. The number of aromatic amines is 1. The van der Waals surface area contributed by atoms with Gasteiger partial charge in [-0.15, -0.1) is 0 Å². The third-order valence-electron chi connectivity index (χ3n) is 5.34. The second kappa shape index (κ2) is 12.4. The molecule has 1 fully saturated rings. The van der Waals surface area contributed by atoms with Crippen molar-refractivity contribution in [2.24, 2.45) is 0 Å². The lowest BCUT2D eigenvalue weighted by molar-refractivity contribution is -0.149. The molecule has 0 saturated carbocycles. The summed E-state index contributed by atoms with van der Waals surface area (Å²) in [6, 6.07) is 6.21. The Morgan fingerprint density at radius 2 is 2.00 bits per heavy atom. The summed E-state index contributed by atoms with van der Waals surface area (Å²) in [7, 11) is -4.18. The summed E-state index contributed by atoms with van der Waals surface area (Å²) in [4.78, 5) is 18.7. The van der Waals surface area contributed by atoms with E-state index in [-0.39, 0.29) is 16.6 Å². The van der Waals surface area contributed by atoms with E-state index >= 15 is 0 Å². The van der Waals surface area contributed by atoms with E-state index in [0.717, 1.165) is 0 Å². The van der Waals surface area contributed by atoms with Crippen LogP contribution >= 0.6 is 32.2 Å². The van der Waals surface area contributed by atoms with Crippen molar-refractivity contribution in [3.63, 3.8) is 0 Å². The van der Waals surface area contributed by atoms with Crippen molar-refractivity contribution in [1.29, 1.82) is 0 Å². The fraction of sp³-hybridized carbons (Fsp3) is 0.478. The van der Waals surface area contributed by atoms with Gasteiger partial charge in [0, 0.05) is 11.8 Å². The summed E-state index contributed by atoms with van der Waals surface area (Å²) in [5.74, 6) is -0.416. The maximum Gasteiger partial charge on any atom is 0.459 e. The number of aromatic nitrogens is 2. The maximum absolute atomic E-state index is 13.7. The van der Waals surface area contributed by atoms with Gasteiger partial charge in [0.15, 0.2) is 10.9 Å². The average Bonchev–Trinajstić information content (AvgIpc) is 3.15. The largest absolute Gasteiger partial charge is 0.462 e. The van der Waals surface area contributed by atoms with Crippen molar-refractivity contribution in [1.82, 2.24) is 14.6 Å². The summed E-state index contributed by atoms with van der Waals surface area (Å²) in [6.45, 7) is 13.8. The van der Waals surface area contributed by atoms with Gasteiger partial charge in [-0.2, -0.15) is 5.09 Å². The number of nitrogens with zero attached hydrogens (tertiary/aromatic N) is 2. The second-order valence-electron chi connectivity index (χ2n) is 8.69. The lowest BCUT2D eigenvalue weighted by Crippen LogP contribution is -2.37. The SMILES string of the molecule is [C-]#[N+][C@@H]1C(O)[C@H](CO[P@](=O)(N[C@@H](C)C(=O)OC(C)C)Oc2ccccc2)O[C@@H]1n1cc(C)c(=S)[nH]c1=S. The van der Waals surface area contributed by atoms with Gasteiger partial charge in [-0.05, 0) is 52.0 Å². The van der Waals surface area contributed by atoms with Crippen LogP contribution in [-0.2, 0) is 23.4 Å².